The van der Waals surface area contributed by atoms with E-state index in [1.165, 1.54) is 6.26 Å². The molecule has 0 atom stereocenters. The van der Waals surface area contributed by atoms with Crippen LogP contribution in [0.25, 0.3) is 0 Å². The Bertz CT molecular complexity index is 694. The first-order chi connectivity index (χ1) is 11.0. The van der Waals surface area contributed by atoms with Crippen LogP contribution in [0.2, 0.25) is 0 Å². The second kappa shape index (κ2) is 6.32. The number of carbonyl (C=O) groups excluding carboxylic acids is 2. The predicted octanol–water partition coefficient (Wildman–Crippen LogP) is 2.52. The third-order valence-electron chi connectivity index (χ3n) is 4.13. The van der Waals surface area contributed by atoms with Gasteiger partial charge in [-0.05, 0) is 44.9 Å². The molecule has 3 rings (SSSR count). The SMILES string of the molecule is Cc1cc(C(=O)NC2CCN(C(=O)c3ccco3)CC2)c(C)o1. The fourth-order valence-corrected chi connectivity index (χ4v) is 2.90. The van der Waals surface area contributed by atoms with Crippen LogP contribution in [-0.2, 0) is 0 Å². The van der Waals surface area contributed by atoms with Crippen molar-refractivity contribution in [3.8, 4) is 0 Å². The molecular weight excluding hydrogens is 296 g/mol. The standard InChI is InChI=1S/C17H20N2O4/c1-11-10-14(12(2)23-11)16(20)18-13-5-7-19(8-6-13)17(21)15-4-3-9-22-15/h3-4,9-10,13H,5-8H2,1-2H3,(H,18,20). The van der Waals surface area contributed by atoms with Gasteiger partial charge >= 0.3 is 0 Å². The normalized spacial score (nSPS) is 15.7. The molecule has 1 aliphatic heterocycles. The number of hydrogen-bond donors (Lipinski definition) is 1. The van der Waals surface area contributed by atoms with Crippen molar-refractivity contribution >= 4 is 11.8 Å². The third-order valence-corrected chi connectivity index (χ3v) is 4.13. The molecule has 0 bridgehead atoms. The second-order valence-electron chi connectivity index (χ2n) is 5.84. The zero-order valence-electron chi connectivity index (χ0n) is 13.3. The number of carbonyl (C=O) groups is 2. The molecule has 0 radical (unpaired) electrons. The summed E-state index contributed by atoms with van der Waals surface area (Å²) in [6.07, 6.45) is 2.96. The molecule has 0 aliphatic carbocycles. The van der Waals surface area contributed by atoms with E-state index in [0.717, 1.165) is 18.6 Å². The largest absolute Gasteiger partial charge is 0.466 e. The Labute approximate surface area is 134 Å². The highest BCUT2D eigenvalue weighted by Crippen LogP contribution is 2.17. The Hall–Kier alpha value is -2.50. The van der Waals surface area contributed by atoms with Gasteiger partial charge in [0.2, 0.25) is 0 Å². The van der Waals surface area contributed by atoms with E-state index in [1.807, 2.05) is 6.92 Å². The van der Waals surface area contributed by atoms with Gasteiger partial charge in [0.15, 0.2) is 5.76 Å². The van der Waals surface area contributed by atoms with Crippen LogP contribution in [0.4, 0.5) is 0 Å². The van der Waals surface area contributed by atoms with Crippen LogP contribution >= 0.6 is 0 Å². The molecule has 1 N–H and O–H groups in total. The van der Waals surface area contributed by atoms with Crippen molar-refractivity contribution in [3.63, 3.8) is 0 Å². The Kier molecular flexibility index (Phi) is 4.23. The molecular formula is C17H20N2O4. The molecule has 6 nitrogen and oxygen atoms in total. The van der Waals surface area contributed by atoms with Crippen molar-refractivity contribution in [3.05, 3.63) is 47.3 Å². The molecule has 0 spiro atoms. The molecule has 3 heterocycles. The summed E-state index contributed by atoms with van der Waals surface area (Å²) in [4.78, 5) is 26.2. The molecule has 1 saturated heterocycles. The van der Waals surface area contributed by atoms with Crippen molar-refractivity contribution in [1.82, 2.24) is 10.2 Å². The lowest BCUT2D eigenvalue weighted by Crippen LogP contribution is -2.46. The number of likely N-dealkylation sites (tertiary alicyclic amines) is 1. The molecule has 2 amide bonds. The van der Waals surface area contributed by atoms with E-state index in [0.29, 0.717) is 30.2 Å². The van der Waals surface area contributed by atoms with Crippen molar-refractivity contribution in [2.75, 3.05) is 13.1 Å². The van der Waals surface area contributed by atoms with Gasteiger partial charge in [-0.2, -0.15) is 0 Å². The minimum atomic E-state index is -0.116. The topological polar surface area (TPSA) is 75.7 Å². The molecule has 2 aromatic heterocycles. The van der Waals surface area contributed by atoms with Crippen molar-refractivity contribution in [2.24, 2.45) is 0 Å². The second-order valence-corrected chi connectivity index (χ2v) is 5.84. The van der Waals surface area contributed by atoms with Gasteiger partial charge in [0.05, 0.1) is 11.8 Å². The van der Waals surface area contributed by atoms with Gasteiger partial charge in [-0.25, -0.2) is 0 Å². The van der Waals surface area contributed by atoms with Crippen LogP contribution in [0.3, 0.4) is 0 Å². The van der Waals surface area contributed by atoms with E-state index >= 15 is 0 Å². The van der Waals surface area contributed by atoms with Gasteiger partial charge in [0, 0.05) is 19.1 Å². The number of hydrogen-bond acceptors (Lipinski definition) is 4. The Morgan fingerprint density at radius 2 is 2.00 bits per heavy atom. The monoisotopic (exact) mass is 316 g/mol. The number of nitrogens with zero attached hydrogens (tertiary/aromatic N) is 1. The van der Waals surface area contributed by atoms with E-state index in [-0.39, 0.29) is 17.9 Å². The lowest BCUT2D eigenvalue weighted by molar-refractivity contribution is 0.0667. The lowest BCUT2D eigenvalue weighted by Gasteiger charge is -2.31. The van der Waals surface area contributed by atoms with Crippen LogP contribution < -0.4 is 5.32 Å². The lowest BCUT2D eigenvalue weighted by atomic mass is 10.0. The maximum Gasteiger partial charge on any atom is 0.289 e. The molecule has 122 valence electrons. The average molecular weight is 316 g/mol. The van der Waals surface area contributed by atoms with E-state index in [9.17, 15) is 9.59 Å². The molecule has 0 unspecified atom stereocenters. The highest BCUT2D eigenvalue weighted by molar-refractivity contribution is 5.95. The first-order valence-electron chi connectivity index (χ1n) is 7.75. The molecule has 1 aliphatic rings. The molecule has 0 aromatic carbocycles. The average Bonchev–Trinajstić information content (AvgIpc) is 3.17. The number of piperidine rings is 1. The third kappa shape index (κ3) is 3.31. The van der Waals surface area contributed by atoms with E-state index in [4.69, 9.17) is 8.83 Å². The smallest absolute Gasteiger partial charge is 0.289 e. The van der Waals surface area contributed by atoms with Gasteiger partial charge in [0.25, 0.3) is 11.8 Å². The summed E-state index contributed by atoms with van der Waals surface area (Å²) < 4.78 is 10.5. The van der Waals surface area contributed by atoms with Gasteiger partial charge in [0.1, 0.15) is 11.5 Å². The maximum atomic E-state index is 12.3. The van der Waals surface area contributed by atoms with E-state index < -0.39 is 0 Å². The molecule has 6 heteroatoms. The summed E-state index contributed by atoms with van der Waals surface area (Å²) >= 11 is 0. The summed E-state index contributed by atoms with van der Waals surface area (Å²) in [6, 6.07) is 5.19. The van der Waals surface area contributed by atoms with Gasteiger partial charge < -0.3 is 19.1 Å². The number of amides is 2. The Morgan fingerprint density at radius 3 is 2.57 bits per heavy atom. The Morgan fingerprint density at radius 1 is 1.26 bits per heavy atom. The fourth-order valence-electron chi connectivity index (χ4n) is 2.90. The summed E-state index contributed by atoms with van der Waals surface area (Å²) in [7, 11) is 0. The van der Waals surface area contributed by atoms with Crippen LogP contribution in [0.5, 0.6) is 0 Å². The van der Waals surface area contributed by atoms with Gasteiger partial charge in [-0.1, -0.05) is 0 Å². The number of nitrogens with one attached hydrogen (secondary N) is 1. The van der Waals surface area contributed by atoms with Crippen molar-refractivity contribution < 1.29 is 18.4 Å². The zero-order chi connectivity index (χ0) is 16.4. The molecule has 0 saturated carbocycles. The number of furan rings is 2. The minimum Gasteiger partial charge on any atom is -0.466 e. The van der Waals surface area contributed by atoms with Gasteiger partial charge in [-0.3, -0.25) is 9.59 Å². The summed E-state index contributed by atoms with van der Waals surface area (Å²) in [5.74, 6) is 1.50. The number of rotatable bonds is 3. The molecule has 1 fully saturated rings. The molecule has 2 aromatic rings. The predicted molar refractivity (Wildman–Crippen MR) is 83.3 cm³/mol. The van der Waals surface area contributed by atoms with Crippen LogP contribution in [0, 0.1) is 13.8 Å². The van der Waals surface area contributed by atoms with Crippen LogP contribution in [-0.4, -0.2) is 35.8 Å². The quantitative estimate of drug-likeness (QED) is 0.944. The van der Waals surface area contributed by atoms with Crippen molar-refractivity contribution in [2.45, 2.75) is 32.7 Å². The maximum absolute atomic E-state index is 12.3. The fraction of sp³-hybridized carbons (Fsp3) is 0.412. The van der Waals surface area contributed by atoms with Crippen LogP contribution in [0.1, 0.15) is 45.3 Å². The molecule has 23 heavy (non-hydrogen) atoms. The minimum absolute atomic E-state index is 0.0674. The Balaban J connectivity index is 1.54. The summed E-state index contributed by atoms with van der Waals surface area (Å²) in [5.41, 5.74) is 0.580. The number of aryl methyl sites for hydroxylation is 2. The summed E-state index contributed by atoms with van der Waals surface area (Å²) in [5, 5.41) is 3.02. The van der Waals surface area contributed by atoms with E-state index in [1.54, 1.807) is 30.0 Å². The zero-order valence-corrected chi connectivity index (χ0v) is 13.3. The first-order valence-corrected chi connectivity index (χ1v) is 7.75. The van der Waals surface area contributed by atoms with E-state index in [2.05, 4.69) is 5.32 Å². The highest BCUT2D eigenvalue weighted by Gasteiger charge is 2.26. The summed E-state index contributed by atoms with van der Waals surface area (Å²) in [6.45, 7) is 4.82. The van der Waals surface area contributed by atoms with Crippen LogP contribution in [0.15, 0.2) is 33.3 Å². The highest BCUT2D eigenvalue weighted by atomic mass is 16.3. The van der Waals surface area contributed by atoms with Gasteiger partial charge in [-0.15, -0.1) is 0 Å². The first kappa shape index (κ1) is 15.4. The van der Waals surface area contributed by atoms with Crippen molar-refractivity contribution in [1.29, 1.82) is 0 Å².